The number of amides is 1. The van der Waals surface area contributed by atoms with E-state index in [0.29, 0.717) is 18.7 Å². The van der Waals surface area contributed by atoms with Gasteiger partial charge in [0.2, 0.25) is 0 Å². The normalized spacial score (nSPS) is 15.0. The van der Waals surface area contributed by atoms with Crippen LogP contribution in [0.4, 0.5) is 8.78 Å². The molecule has 146 valence electrons. The highest BCUT2D eigenvalue weighted by molar-refractivity contribution is 5.77. The summed E-state index contributed by atoms with van der Waals surface area (Å²) in [6, 6.07) is 12.6. The lowest BCUT2D eigenvalue weighted by molar-refractivity contribution is -0.133. The highest BCUT2D eigenvalue weighted by Crippen LogP contribution is 2.18. The highest BCUT2D eigenvalue weighted by atomic mass is 19.1. The molecule has 2 aromatic rings. The highest BCUT2D eigenvalue weighted by Gasteiger charge is 2.20. The number of nitriles is 1. The Morgan fingerprint density at radius 1 is 1.07 bits per heavy atom. The lowest BCUT2D eigenvalue weighted by Gasteiger charge is -2.22. The zero-order valence-corrected chi connectivity index (χ0v) is 15.4. The first kappa shape index (κ1) is 19.8. The van der Waals surface area contributed by atoms with Crippen LogP contribution in [0.1, 0.15) is 17.5 Å². The Balaban J connectivity index is 1.49. The summed E-state index contributed by atoms with van der Waals surface area (Å²) >= 11 is 0. The fraction of sp³-hybridized carbons (Fsp3) is 0.333. The number of carbonyl (C=O) groups excluding carboxylic acids is 1. The molecule has 0 spiro atoms. The smallest absolute Gasteiger partial charge is 0.260 e. The van der Waals surface area contributed by atoms with Crippen molar-refractivity contribution >= 4 is 5.91 Å². The third-order valence-corrected chi connectivity index (χ3v) is 4.68. The molecule has 2 aromatic carbocycles. The molecule has 1 aliphatic heterocycles. The summed E-state index contributed by atoms with van der Waals surface area (Å²) in [5, 5.41) is 8.87. The Labute approximate surface area is 162 Å². The third kappa shape index (κ3) is 5.27. The monoisotopic (exact) mass is 385 g/mol. The van der Waals surface area contributed by atoms with Gasteiger partial charge in [0, 0.05) is 38.8 Å². The van der Waals surface area contributed by atoms with Crippen LogP contribution in [0.15, 0.2) is 42.5 Å². The average Bonchev–Trinajstić information content (AvgIpc) is 2.93. The predicted molar refractivity (Wildman–Crippen MR) is 99.5 cm³/mol. The summed E-state index contributed by atoms with van der Waals surface area (Å²) < 4.78 is 31.7. The molecule has 0 unspecified atom stereocenters. The number of hydrogen-bond acceptors (Lipinski definition) is 4. The number of benzene rings is 2. The maximum atomic E-state index is 13.6. The van der Waals surface area contributed by atoms with E-state index >= 15 is 0 Å². The fourth-order valence-electron chi connectivity index (χ4n) is 3.14. The van der Waals surface area contributed by atoms with Gasteiger partial charge in [0.1, 0.15) is 5.82 Å². The summed E-state index contributed by atoms with van der Waals surface area (Å²) in [5.74, 6) is -1.86. The van der Waals surface area contributed by atoms with E-state index in [4.69, 9.17) is 10.00 Å². The third-order valence-electron chi connectivity index (χ3n) is 4.68. The van der Waals surface area contributed by atoms with Crippen molar-refractivity contribution in [3.8, 4) is 11.8 Å². The van der Waals surface area contributed by atoms with Crippen molar-refractivity contribution in [2.24, 2.45) is 0 Å². The number of nitrogens with zero attached hydrogens (tertiary/aromatic N) is 3. The van der Waals surface area contributed by atoms with E-state index in [1.54, 1.807) is 17.0 Å². The van der Waals surface area contributed by atoms with Gasteiger partial charge in [-0.2, -0.15) is 5.26 Å². The molecule has 1 heterocycles. The molecule has 0 aliphatic carbocycles. The van der Waals surface area contributed by atoms with Crippen molar-refractivity contribution in [3.63, 3.8) is 0 Å². The first-order valence-electron chi connectivity index (χ1n) is 9.12. The second-order valence-electron chi connectivity index (χ2n) is 6.68. The van der Waals surface area contributed by atoms with Crippen LogP contribution < -0.4 is 4.74 Å². The van der Waals surface area contributed by atoms with Crippen molar-refractivity contribution in [2.75, 3.05) is 32.8 Å². The van der Waals surface area contributed by atoms with Crippen LogP contribution in [0, 0.1) is 23.0 Å². The molecule has 0 atom stereocenters. The van der Waals surface area contributed by atoms with Gasteiger partial charge in [-0.25, -0.2) is 8.78 Å². The number of carbonyl (C=O) groups is 1. The lowest BCUT2D eigenvalue weighted by atomic mass is 10.1. The minimum Gasteiger partial charge on any atom is -0.481 e. The molecule has 5 nitrogen and oxygen atoms in total. The van der Waals surface area contributed by atoms with E-state index in [-0.39, 0.29) is 18.3 Å². The Kier molecular flexibility index (Phi) is 6.56. The summed E-state index contributed by atoms with van der Waals surface area (Å²) in [4.78, 5) is 16.4. The van der Waals surface area contributed by atoms with Crippen LogP contribution in [-0.4, -0.2) is 48.5 Å². The van der Waals surface area contributed by atoms with E-state index < -0.39 is 11.6 Å². The van der Waals surface area contributed by atoms with Gasteiger partial charge in [-0.15, -0.1) is 0 Å². The second-order valence-corrected chi connectivity index (χ2v) is 6.68. The molecular formula is C21H21F2N3O2. The van der Waals surface area contributed by atoms with E-state index in [2.05, 4.69) is 11.0 Å². The number of halogens is 2. The van der Waals surface area contributed by atoms with Crippen molar-refractivity contribution in [1.82, 2.24) is 9.80 Å². The molecule has 3 rings (SSSR count). The second kappa shape index (κ2) is 9.29. The van der Waals surface area contributed by atoms with Crippen LogP contribution in [0.5, 0.6) is 5.75 Å². The zero-order valence-electron chi connectivity index (χ0n) is 15.4. The largest absolute Gasteiger partial charge is 0.481 e. The molecule has 0 saturated carbocycles. The van der Waals surface area contributed by atoms with Gasteiger partial charge < -0.3 is 9.64 Å². The number of hydrogen-bond donors (Lipinski definition) is 0. The van der Waals surface area contributed by atoms with Crippen LogP contribution in [0.2, 0.25) is 0 Å². The summed E-state index contributed by atoms with van der Waals surface area (Å²) in [5.41, 5.74) is 1.75. The summed E-state index contributed by atoms with van der Waals surface area (Å²) in [7, 11) is 0. The molecule has 1 saturated heterocycles. The predicted octanol–water partition coefficient (Wildman–Crippen LogP) is 2.95. The molecule has 1 fully saturated rings. The minimum absolute atomic E-state index is 0.132. The first-order chi connectivity index (χ1) is 13.5. The minimum atomic E-state index is -0.822. The zero-order chi connectivity index (χ0) is 19.9. The first-order valence-corrected chi connectivity index (χ1v) is 9.12. The van der Waals surface area contributed by atoms with E-state index in [1.165, 1.54) is 6.07 Å². The van der Waals surface area contributed by atoms with Crippen LogP contribution in [0.3, 0.4) is 0 Å². The Morgan fingerprint density at radius 3 is 2.57 bits per heavy atom. The van der Waals surface area contributed by atoms with Crippen molar-refractivity contribution in [1.29, 1.82) is 5.26 Å². The molecule has 1 aliphatic rings. The molecule has 1 amide bonds. The van der Waals surface area contributed by atoms with Crippen LogP contribution in [-0.2, 0) is 11.3 Å². The van der Waals surface area contributed by atoms with Gasteiger partial charge in [0.25, 0.3) is 5.91 Å². The molecule has 0 N–H and O–H groups in total. The lowest BCUT2D eigenvalue weighted by Crippen LogP contribution is -2.38. The number of ether oxygens (including phenoxy) is 1. The molecule has 0 aromatic heterocycles. The van der Waals surface area contributed by atoms with Crippen molar-refractivity contribution in [2.45, 2.75) is 13.0 Å². The quantitative estimate of drug-likeness (QED) is 0.794. The Hall–Kier alpha value is -2.98. The molecule has 0 bridgehead atoms. The van der Waals surface area contributed by atoms with Gasteiger partial charge in [-0.3, -0.25) is 9.69 Å². The van der Waals surface area contributed by atoms with E-state index in [1.807, 2.05) is 12.1 Å². The summed E-state index contributed by atoms with van der Waals surface area (Å²) in [6.45, 7) is 3.22. The molecule has 0 radical (unpaired) electrons. The topological polar surface area (TPSA) is 56.6 Å². The van der Waals surface area contributed by atoms with Gasteiger partial charge >= 0.3 is 0 Å². The Bertz CT molecular complexity index is 865. The van der Waals surface area contributed by atoms with Gasteiger partial charge in [-0.1, -0.05) is 12.1 Å². The van der Waals surface area contributed by atoms with Crippen molar-refractivity contribution in [3.05, 3.63) is 65.2 Å². The van der Waals surface area contributed by atoms with Gasteiger partial charge in [0.05, 0.1) is 11.6 Å². The average molecular weight is 385 g/mol. The van der Waals surface area contributed by atoms with Crippen LogP contribution >= 0.6 is 0 Å². The molecule has 7 heteroatoms. The fourth-order valence-corrected chi connectivity index (χ4v) is 3.14. The van der Waals surface area contributed by atoms with E-state index in [0.717, 1.165) is 43.8 Å². The Morgan fingerprint density at radius 2 is 1.86 bits per heavy atom. The SMILES string of the molecule is N#Cc1ccc(CN2CCCN(C(=O)COc3ccc(F)cc3F)CC2)cc1. The van der Waals surface area contributed by atoms with E-state index in [9.17, 15) is 13.6 Å². The maximum Gasteiger partial charge on any atom is 0.260 e. The molecule has 28 heavy (non-hydrogen) atoms. The summed E-state index contributed by atoms with van der Waals surface area (Å²) in [6.07, 6.45) is 0.826. The molecular weight excluding hydrogens is 364 g/mol. The van der Waals surface area contributed by atoms with Crippen LogP contribution in [0.25, 0.3) is 0 Å². The van der Waals surface area contributed by atoms with Gasteiger partial charge in [0.15, 0.2) is 18.2 Å². The number of rotatable bonds is 5. The van der Waals surface area contributed by atoms with Crippen molar-refractivity contribution < 1.29 is 18.3 Å². The maximum absolute atomic E-state index is 13.6. The van der Waals surface area contributed by atoms with Gasteiger partial charge in [-0.05, 0) is 36.2 Å². The standard InChI is InChI=1S/C21H21F2N3O2/c22-18-6-7-20(19(23)12-18)28-15-21(27)26-9-1-8-25(10-11-26)14-17-4-2-16(13-24)3-5-17/h2-7,12H,1,8-11,14-15H2.